The first-order chi connectivity index (χ1) is 28.2. The summed E-state index contributed by atoms with van der Waals surface area (Å²) < 4.78 is 12.1. The van der Waals surface area contributed by atoms with E-state index in [-0.39, 0.29) is 12.3 Å². The van der Waals surface area contributed by atoms with Crippen molar-refractivity contribution in [3.05, 3.63) is 193 Å². The minimum Gasteiger partial charge on any atom is -0.455 e. The quantitative estimate of drug-likeness (QED) is 0.128. The van der Waals surface area contributed by atoms with Gasteiger partial charge < -0.3 is 10.2 Å². The van der Waals surface area contributed by atoms with E-state index in [2.05, 4.69) is 162 Å². The predicted octanol–water partition coefficient (Wildman–Crippen LogP) is 13.7. The van der Waals surface area contributed by atoms with Gasteiger partial charge in [0, 0.05) is 68.8 Å². The Bertz CT molecular complexity index is 3250. The van der Waals surface area contributed by atoms with E-state index in [1.807, 2.05) is 46.9 Å². The van der Waals surface area contributed by atoms with Gasteiger partial charge in [0.25, 0.3) is 0 Å². The number of benzene rings is 8. The largest absolute Gasteiger partial charge is 0.455 e. The van der Waals surface area contributed by atoms with Crippen molar-refractivity contribution in [3.63, 3.8) is 0 Å². The fraction of sp³-hybridized carbons (Fsp3) is 0.0588. The third kappa shape index (κ3) is 6.01. The van der Waals surface area contributed by atoms with Crippen molar-refractivity contribution in [1.29, 1.82) is 0 Å². The van der Waals surface area contributed by atoms with Crippen LogP contribution >= 0.6 is 22.7 Å². The lowest BCUT2D eigenvalue weighted by atomic mass is 9.98. The molecule has 2 unspecified atom stereocenters. The molecule has 0 bridgehead atoms. The number of thiophene rings is 2. The first-order valence-electron chi connectivity index (χ1n) is 19.3. The van der Waals surface area contributed by atoms with Crippen molar-refractivity contribution >= 4 is 85.0 Å². The number of furan rings is 1. The molecule has 11 aromatic rings. The molecule has 2 atom stereocenters. The zero-order chi connectivity index (χ0) is 37.9. The topological polar surface area (TPSA) is 63.2 Å². The molecule has 0 aliphatic rings. The lowest BCUT2D eigenvalue weighted by Gasteiger charge is -2.25. The van der Waals surface area contributed by atoms with E-state index < -0.39 is 0 Å². The van der Waals surface area contributed by atoms with Gasteiger partial charge in [-0.2, -0.15) is 0 Å². The van der Waals surface area contributed by atoms with Crippen LogP contribution in [-0.4, -0.2) is 0 Å². The van der Waals surface area contributed by atoms with Crippen molar-refractivity contribution in [1.82, 2.24) is 10.6 Å². The average Bonchev–Trinajstić information content (AvgIpc) is 3.97. The molecule has 3 aromatic heterocycles. The molecule has 0 spiro atoms. The van der Waals surface area contributed by atoms with Gasteiger partial charge in [0.2, 0.25) is 0 Å². The van der Waals surface area contributed by atoms with E-state index in [9.17, 15) is 0 Å². The Hall–Kier alpha value is -6.12. The fourth-order valence-corrected chi connectivity index (χ4v) is 10.7. The van der Waals surface area contributed by atoms with Gasteiger partial charge in [-0.3, -0.25) is 10.6 Å². The summed E-state index contributed by atoms with van der Waals surface area (Å²) in [6.45, 7) is 0.589. The molecule has 4 N–H and O–H groups in total. The molecule has 0 radical (unpaired) electrons. The maximum absolute atomic E-state index is 6.89. The van der Waals surface area contributed by atoms with Crippen molar-refractivity contribution < 1.29 is 4.42 Å². The van der Waals surface area contributed by atoms with E-state index in [0.29, 0.717) is 6.54 Å². The lowest BCUT2D eigenvalue weighted by molar-refractivity contribution is 0.385. The summed E-state index contributed by atoms with van der Waals surface area (Å²) in [5.41, 5.74) is 16.5. The molecule has 6 heteroatoms. The molecule has 274 valence electrons. The minimum absolute atomic E-state index is 0.178. The van der Waals surface area contributed by atoms with Gasteiger partial charge in [-0.05, 0) is 58.1 Å². The SMILES string of the molecule is NC(NC(NCc1cccc2c1oc1c(-c3ccc4sc5c(-c6ccc7sc8ccccc8c7c6)cccc5c4c3)cccc12)c1ccccc1)c1ccccc1. The average molecular weight is 772 g/mol. The molecule has 0 amide bonds. The Labute approximate surface area is 337 Å². The van der Waals surface area contributed by atoms with Crippen LogP contribution in [0, 0.1) is 0 Å². The van der Waals surface area contributed by atoms with E-state index in [1.54, 1.807) is 0 Å². The summed E-state index contributed by atoms with van der Waals surface area (Å²) >= 11 is 3.74. The minimum atomic E-state index is -0.339. The van der Waals surface area contributed by atoms with Crippen LogP contribution in [0.3, 0.4) is 0 Å². The molecule has 0 fully saturated rings. The van der Waals surface area contributed by atoms with E-state index >= 15 is 0 Å². The molecule has 11 rings (SSSR count). The normalized spacial score (nSPS) is 13.1. The van der Waals surface area contributed by atoms with Crippen LogP contribution in [0.5, 0.6) is 0 Å². The Kier molecular flexibility index (Phi) is 8.46. The van der Waals surface area contributed by atoms with Gasteiger partial charge in [0.1, 0.15) is 11.2 Å². The number of hydrogen-bond donors (Lipinski definition) is 3. The molecule has 8 aromatic carbocycles. The van der Waals surface area contributed by atoms with Crippen LogP contribution < -0.4 is 16.4 Å². The van der Waals surface area contributed by atoms with Crippen molar-refractivity contribution in [2.24, 2.45) is 5.73 Å². The Morgan fingerprint density at radius 3 is 1.84 bits per heavy atom. The van der Waals surface area contributed by atoms with Crippen LogP contribution in [0.15, 0.2) is 180 Å². The summed E-state index contributed by atoms with van der Waals surface area (Å²) in [5, 5.41) is 14.8. The molecular formula is C51H37N3OS2. The van der Waals surface area contributed by atoms with Crippen LogP contribution in [0.4, 0.5) is 0 Å². The highest BCUT2D eigenvalue weighted by atomic mass is 32.1. The molecule has 0 aliphatic heterocycles. The fourth-order valence-electron chi connectivity index (χ4n) is 8.40. The summed E-state index contributed by atoms with van der Waals surface area (Å²) in [6.07, 6.45) is -0.517. The maximum atomic E-state index is 6.89. The summed E-state index contributed by atoms with van der Waals surface area (Å²) in [4.78, 5) is 0. The van der Waals surface area contributed by atoms with Gasteiger partial charge in [-0.15, -0.1) is 22.7 Å². The molecule has 57 heavy (non-hydrogen) atoms. The van der Waals surface area contributed by atoms with Crippen molar-refractivity contribution in [2.45, 2.75) is 18.9 Å². The summed E-state index contributed by atoms with van der Waals surface area (Å²) in [7, 11) is 0. The Balaban J connectivity index is 0.950. The van der Waals surface area contributed by atoms with Crippen LogP contribution in [-0.2, 0) is 6.54 Å². The zero-order valence-electron chi connectivity index (χ0n) is 30.9. The third-order valence-electron chi connectivity index (χ3n) is 11.2. The molecular weight excluding hydrogens is 735 g/mol. The number of fused-ring (bicyclic) bond motifs is 9. The summed E-state index contributed by atoms with van der Waals surface area (Å²) in [6, 6.07) is 62.8. The number of para-hydroxylation sites is 2. The Morgan fingerprint density at radius 2 is 1.05 bits per heavy atom. The molecule has 3 heterocycles. The van der Waals surface area contributed by atoms with Gasteiger partial charge >= 0.3 is 0 Å². The number of nitrogens with one attached hydrogen (secondary N) is 2. The molecule has 0 saturated carbocycles. The Morgan fingerprint density at radius 1 is 0.474 bits per heavy atom. The van der Waals surface area contributed by atoms with E-state index in [1.165, 1.54) is 51.5 Å². The monoisotopic (exact) mass is 771 g/mol. The number of nitrogens with two attached hydrogens (primary N) is 1. The second-order valence-electron chi connectivity index (χ2n) is 14.7. The smallest absolute Gasteiger partial charge is 0.143 e. The van der Waals surface area contributed by atoms with Crippen molar-refractivity contribution in [2.75, 3.05) is 0 Å². The molecule has 0 saturated heterocycles. The third-order valence-corrected chi connectivity index (χ3v) is 13.6. The van der Waals surface area contributed by atoms with E-state index in [4.69, 9.17) is 10.2 Å². The summed E-state index contributed by atoms with van der Waals surface area (Å²) in [5.74, 6) is 0. The second kappa shape index (κ2) is 14.1. The lowest BCUT2D eigenvalue weighted by Crippen LogP contribution is -2.39. The number of hydrogen-bond acceptors (Lipinski definition) is 6. The van der Waals surface area contributed by atoms with Gasteiger partial charge in [0.05, 0.1) is 12.3 Å². The van der Waals surface area contributed by atoms with Crippen LogP contribution in [0.2, 0.25) is 0 Å². The van der Waals surface area contributed by atoms with Gasteiger partial charge in [-0.25, -0.2) is 0 Å². The molecule has 4 nitrogen and oxygen atoms in total. The van der Waals surface area contributed by atoms with Gasteiger partial charge in [0.15, 0.2) is 0 Å². The highest BCUT2D eigenvalue weighted by molar-refractivity contribution is 7.26. The first kappa shape index (κ1) is 34.2. The van der Waals surface area contributed by atoms with Crippen LogP contribution in [0.25, 0.3) is 84.5 Å². The van der Waals surface area contributed by atoms with E-state index in [0.717, 1.165) is 49.8 Å². The second-order valence-corrected chi connectivity index (χ2v) is 16.8. The zero-order valence-corrected chi connectivity index (χ0v) is 32.5. The van der Waals surface area contributed by atoms with Crippen LogP contribution in [0.1, 0.15) is 29.0 Å². The van der Waals surface area contributed by atoms with Crippen molar-refractivity contribution in [3.8, 4) is 22.3 Å². The highest BCUT2D eigenvalue weighted by Crippen LogP contribution is 2.44. The number of rotatable bonds is 9. The standard InChI is InChI=1S/C51H37N3OS2/c52-50(31-12-3-1-4-13-31)54-51(32-14-5-2-6-15-32)53-30-35-16-9-20-39-40-21-10-18-36(48(40)55-47(35)39)33-24-27-46-43(28-33)41-22-11-19-37(49(41)57-46)34-25-26-45-42(29-34)38-17-7-8-23-44(38)56-45/h1-29,50-51,53-54H,30,52H2. The highest BCUT2D eigenvalue weighted by Gasteiger charge is 2.20. The van der Waals surface area contributed by atoms with Gasteiger partial charge in [-0.1, -0.05) is 146 Å². The molecule has 0 aliphatic carbocycles. The predicted molar refractivity (Wildman–Crippen MR) is 243 cm³/mol. The maximum Gasteiger partial charge on any atom is 0.143 e. The first-order valence-corrected chi connectivity index (χ1v) is 20.9.